The van der Waals surface area contributed by atoms with Gasteiger partial charge in [-0.3, -0.25) is 19.3 Å². The van der Waals surface area contributed by atoms with E-state index in [-0.39, 0.29) is 17.5 Å². The average molecular weight is 351 g/mol. The number of nitrogens with zero attached hydrogens (tertiary/aromatic N) is 2. The van der Waals surface area contributed by atoms with Crippen molar-refractivity contribution in [3.05, 3.63) is 56.2 Å². The summed E-state index contributed by atoms with van der Waals surface area (Å²) in [5.74, 6) is -0.254. The minimum absolute atomic E-state index is 0.0801. The molecule has 1 fully saturated rings. The van der Waals surface area contributed by atoms with E-state index in [1.165, 1.54) is 4.57 Å². The quantitative estimate of drug-likeness (QED) is 0.813. The van der Waals surface area contributed by atoms with Gasteiger partial charge in [-0.15, -0.1) is 0 Å². The summed E-state index contributed by atoms with van der Waals surface area (Å²) in [6.45, 7) is 0. The normalized spacial score (nSPS) is 18.8. The Morgan fingerprint density at radius 3 is 2.62 bits per heavy atom. The van der Waals surface area contributed by atoms with Crippen molar-refractivity contribution >= 4 is 23.6 Å². The van der Waals surface area contributed by atoms with E-state index in [0.29, 0.717) is 0 Å². The van der Waals surface area contributed by atoms with E-state index in [1.807, 2.05) is 24.3 Å². The number of aromatic nitrogens is 2. The van der Waals surface area contributed by atoms with Crippen molar-refractivity contribution in [3.8, 4) is 5.88 Å². The van der Waals surface area contributed by atoms with Crippen LogP contribution in [0.4, 0.5) is 5.69 Å². The zero-order valence-electron chi connectivity index (χ0n) is 14.4. The highest BCUT2D eigenvalue weighted by Crippen LogP contribution is 2.34. The number of nitrogens with one attached hydrogen (secondary N) is 1. The van der Waals surface area contributed by atoms with Crippen LogP contribution in [-0.2, 0) is 0 Å². The molecule has 0 radical (unpaired) electrons. The van der Waals surface area contributed by atoms with E-state index in [0.717, 1.165) is 55.3 Å². The maximum Gasteiger partial charge on any atom is 0.331 e. The molecule has 1 aliphatic carbocycles. The number of aromatic amines is 1. The smallest absolute Gasteiger partial charge is 0.331 e. The predicted molar refractivity (Wildman–Crippen MR) is 102 cm³/mol. The van der Waals surface area contributed by atoms with Gasteiger partial charge < -0.3 is 5.11 Å². The van der Waals surface area contributed by atoms with Gasteiger partial charge in [-0.1, -0.05) is 43.9 Å². The fourth-order valence-electron chi connectivity index (χ4n) is 3.85. The third kappa shape index (κ3) is 2.92. The molecule has 0 atom stereocenters. The molecule has 134 valence electrons. The lowest BCUT2D eigenvalue weighted by Gasteiger charge is -2.19. The van der Waals surface area contributed by atoms with Crippen LogP contribution in [-0.4, -0.2) is 20.9 Å². The largest absolute Gasteiger partial charge is 0.494 e. The van der Waals surface area contributed by atoms with Crippen molar-refractivity contribution in [2.75, 3.05) is 0 Å². The lowest BCUT2D eigenvalue weighted by Crippen LogP contribution is -2.33. The van der Waals surface area contributed by atoms with Crippen LogP contribution in [0.25, 0.3) is 11.6 Å². The molecule has 2 heterocycles. The average Bonchev–Trinajstić information content (AvgIpc) is 2.84. The van der Waals surface area contributed by atoms with Crippen LogP contribution in [0.15, 0.2) is 38.8 Å². The summed E-state index contributed by atoms with van der Waals surface area (Å²) in [6, 6.07) is 7.53. The van der Waals surface area contributed by atoms with Crippen molar-refractivity contribution in [1.82, 2.24) is 9.55 Å². The molecule has 4 rings (SSSR count). The molecule has 0 amide bonds. The predicted octanol–water partition coefficient (Wildman–Crippen LogP) is 3.39. The van der Waals surface area contributed by atoms with Crippen molar-refractivity contribution < 1.29 is 5.11 Å². The van der Waals surface area contributed by atoms with Crippen molar-refractivity contribution in [3.63, 3.8) is 0 Å². The summed E-state index contributed by atoms with van der Waals surface area (Å²) >= 11 is 0. The van der Waals surface area contributed by atoms with Crippen LogP contribution in [0, 0.1) is 0 Å². The lowest BCUT2D eigenvalue weighted by atomic mass is 10.0. The molecule has 1 aliphatic heterocycles. The van der Waals surface area contributed by atoms with Gasteiger partial charge in [0.2, 0.25) is 5.88 Å². The van der Waals surface area contributed by atoms with E-state index in [4.69, 9.17) is 0 Å². The number of rotatable bonds is 2. The number of H-pyrrole nitrogens is 1. The van der Waals surface area contributed by atoms with Crippen LogP contribution in [0.1, 0.15) is 55.7 Å². The van der Waals surface area contributed by atoms with E-state index in [1.54, 1.807) is 12.3 Å². The fraction of sp³-hybridized carbons (Fsp3) is 0.350. The van der Waals surface area contributed by atoms with Crippen molar-refractivity contribution in [2.24, 2.45) is 4.99 Å². The van der Waals surface area contributed by atoms with Crippen LogP contribution < -0.4 is 11.2 Å². The standard InChI is InChI=1S/C20H21N3O3/c24-18-16(11-13-12-21-17-10-6-5-9-15(13)17)19(25)23(20(26)22-18)14-7-3-1-2-4-8-14/h5-6,9-12,14,25H,1-4,7-8H2,(H,22,24,26)/b13-11+. The SMILES string of the molecule is O=c1[nH]c(=O)n(C2CCCCCC2)c(O)c1/C=C1\C=Nc2ccccc21. The molecule has 1 aromatic heterocycles. The summed E-state index contributed by atoms with van der Waals surface area (Å²) in [6.07, 6.45) is 9.26. The topological polar surface area (TPSA) is 87.5 Å². The second-order valence-corrected chi connectivity index (χ2v) is 6.89. The Morgan fingerprint density at radius 1 is 1.12 bits per heavy atom. The molecule has 0 spiro atoms. The summed E-state index contributed by atoms with van der Waals surface area (Å²) in [7, 11) is 0. The van der Waals surface area contributed by atoms with Gasteiger partial charge in [0, 0.05) is 23.4 Å². The molecule has 0 bridgehead atoms. The molecular formula is C20H21N3O3. The maximum absolute atomic E-state index is 12.4. The molecule has 2 aromatic rings. The third-order valence-electron chi connectivity index (χ3n) is 5.20. The second kappa shape index (κ2) is 6.78. The first-order chi connectivity index (χ1) is 12.6. The van der Waals surface area contributed by atoms with E-state index in [2.05, 4.69) is 9.98 Å². The molecule has 2 N–H and O–H groups in total. The number of aromatic hydroxyl groups is 1. The van der Waals surface area contributed by atoms with Gasteiger partial charge in [-0.25, -0.2) is 4.79 Å². The number of para-hydroxylation sites is 1. The Morgan fingerprint density at radius 2 is 1.85 bits per heavy atom. The van der Waals surface area contributed by atoms with E-state index < -0.39 is 11.2 Å². The highest BCUT2D eigenvalue weighted by Gasteiger charge is 2.22. The third-order valence-corrected chi connectivity index (χ3v) is 5.20. The molecule has 2 aliphatic rings. The molecule has 1 aromatic carbocycles. The number of aliphatic imine (C=N–C) groups is 1. The van der Waals surface area contributed by atoms with E-state index in [9.17, 15) is 14.7 Å². The molecule has 6 nitrogen and oxygen atoms in total. The summed E-state index contributed by atoms with van der Waals surface area (Å²) in [5.41, 5.74) is 1.45. The van der Waals surface area contributed by atoms with Crippen LogP contribution >= 0.6 is 0 Å². The van der Waals surface area contributed by atoms with Gasteiger partial charge in [0.1, 0.15) is 5.56 Å². The number of fused-ring (bicyclic) bond motifs is 1. The Balaban J connectivity index is 1.82. The van der Waals surface area contributed by atoms with Crippen molar-refractivity contribution in [2.45, 2.75) is 44.6 Å². The first-order valence-corrected chi connectivity index (χ1v) is 9.08. The number of hydrogen-bond donors (Lipinski definition) is 2. The highest BCUT2D eigenvalue weighted by molar-refractivity contribution is 6.21. The molecule has 0 saturated heterocycles. The number of allylic oxidation sites excluding steroid dienone is 1. The first kappa shape index (κ1) is 16.6. The van der Waals surface area contributed by atoms with Crippen molar-refractivity contribution in [1.29, 1.82) is 0 Å². The summed E-state index contributed by atoms with van der Waals surface area (Å²) in [4.78, 5) is 31.4. The van der Waals surface area contributed by atoms with Gasteiger partial charge in [0.05, 0.1) is 5.69 Å². The zero-order valence-corrected chi connectivity index (χ0v) is 14.4. The van der Waals surface area contributed by atoms with Crippen LogP contribution in [0.5, 0.6) is 5.88 Å². The Bertz CT molecular complexity index is 1010. The molecule has 0 unspecified atom stereocenters. The molecular weight excluding hydrogens is 330 g/mol. The fourth-order valence-corrected chi connectivity index (χ4v) is 3.85. The minimum Gasteiger partial charge on any atom is -0.494 e. The molecule has 26 heavy (non-hydrogen) atoms. The Kier molecular flexibility index (Phi) is 4.32. The number of hydrogen-bond acceptors (Lipinski definition) is 4. The van der Waals surface area contributed by atoms with E-state index >= 15 is 0 Å². The molecule has 1 saturated carbocycles. The number of benzene rings is 1. The minimum atomic E-state index is -0.581. The first-order valence-electron chi connectivity index (χ1n) is 9.08. The van der Waals surface area contributed by atoms with Gasteiger partial charge in [0.15, 0.2) is 0 Å². The van der Waals surface area contributed by atoms with Crippen LogP contribution in [0.3, 0.4) is 0 Å². The lowest BCUT2D eigenvalue weighted by molar-refractivity contribution is 0.339. The maximum atomic E-state index is 12.4. The van der Waals surface area contributed by atoms with Gasteiger partial charge in [-0.2, -0.15) is 0 Å². The van der Waals surface area contributed by atoms with Gasteiger partial charge >= 0.3 is 5.69 Å². The zero-order chi connectivity index (χ0) is 18.1. The summed E-state index contributed by atoms with van der Waals surface area (Å²) < 4.78 is 1.36. The monoisotopic (exact) mass is 351 g/mol. The summed E-state index contributed by atoms with van der Waals surface area (Å²) in [5, 5.41) is 10.8. The highest BCUT2D eigenvalue weighted by atomic mass is 16.3. The molecule has 6 heteroatoms. The Labute approximate surface area is 150 Å². The second-order valence-electron chi connectivity index (χ2n) is 6.89. The van der Waals surface area contributed by atoms with Gasteiger partial charge in [-0.05, 0) is 25.0 Å². The van der Waals surface area contributed by atoms with Crippen LogP contribution in [0.2, 0.25) is 0 Å². The van der Waals surface area contributed by atoms with Gasteiger partial charge in [0.25, 0.3) is 5.56 Å². The Hall–Kier alpha value is -2.89.